The van der Waals surface area contributed by atoms with Gasteiger partial charge in [-0.15, -0.1) is 0 Å². The Hall–Kier alpha value is -3.61. The summed E-state index contributed by atoms with van der Waals surface area (Å²) in [6.45, 7) is 8.04. The molecule has 0 N–H and O–H groups in total. The molecule has 5 rings (SSSR count). The molecule has 7 nitrogen and oxygen atoms in total. The molecule has 7 heteroatoms. The maximum atomic E-state index is 13.7. The molecule has 0 radical (unpaired) electrons. The fourth-order valence-corrected chi connectivity index (χ4v) is 4.73. The van der Waals surface area contributed by atoms with Crippen LogP contribution in [0.5, 0.6) is 0 Å². The maximum absolute atomic E-state index is 13.7. The van der Waals surface area contributed by atoms with Gasteiger partial charge < -0.3 is 9.47 Å². The summed E-state index contributed by atoms with van der Waals surface area (Å²) in [6, 6.07) is 16.3. The van der Waals surface area contributed by atoms with E-state index in [4.69, 9.17) is 4.98 Å². The van der Waals surface area contributed by atoms with Gasteiger partial charge in [-0.3, -0.25) is 13.9 Å². The van der Waals surface area contributed by atoms with Gasteiger partial charge in [0.25, 0.3) is 5.56 Å². The molecule has 0 saturated heterocycles. The molecule has 3 heterocycles. The molecule has 0 unspecified atom stereocenters. The third kappa shape index (κ3) is 3.48. The molecule has 0 amide bonds. The van der Waals surface area contributed by atoms with Crippen LogP contribution >= 0.6 is 0 Å². The lowest BCUT2D eigenvalue weighted by Crippen LogP contribution is -2.40. The zero-order valence-electron chi connectivity index (χ0n) is 19.6. The zero-order valence-corrected chi connectivity index (χ0v) is 19.6. The van der Waals surface area contributed by atoms with Gasteiger partial charge in [-0.05, 0) is 48.1 Å². The zero-order chi connectivity index (χ0) is 23.3. The SMILES string of the molecule is CCc1ccc(N2C[C@H](C)Cn3c2nc2c3c(=O)n(Cc3ccccc3C)c(=O)n2C)cc1. The van der Waals surface area contributed by atoms with Crippen molar-refractivity contribution in [2.75, 3.05) is 11.4 Å². The summed E-state index contributed by atoms with van der Waals surface area (Å²) in [5.74, 6) is 1.04. The van der Waals surface area contributed by atoms with Crippen molar-refractivity contribution < 1.29 is 0 Å². The van der Waals surface area contributed by atoms with Gasteiger partial charge in [0.05, 0.1) is 6.54 Å². The number of aryl methyl sites for hydroxylation is 3. The Bertz CT molecular complexity index is 1460. The first-order valence-corrected chi connectivity index (χ1v) is 11.5. The number of hydrogen-bond donors (Lipinski definition) is 0. The fraction of sp³-hybridized carbons (Fsp3) is 0.346. The molecule has 170 valence electrons. The minimum absolute atomic E-state index is 0.242. The average Bonchev–Trinajstić information content (AvgIpc) is 3.20. The van der Waals surface area contributed by atoms with E-state index in [2.05, 4.69) is 43.0 Å². The van der Waals surface area contributed by atoms with E-state index in [-0.39, 0.29) is 17.8 Å². The molecular weight excluding hydrogens is 414 g/mol. The first-order chi connectivity index (χ1) is 15.9. The second kappa shape index (κ2) is 8.06. The van der Waals surface area contributed by atoms with Crippen LogP contribution in [-0.2, 0) is 26.6 Å². The van der Waals surface area contributed by atoms with Crippen LogP contribution in [0.3, 0.4) is 0 Å². The molecule has 0 saturated carbocycles. The summed E-state index contributed by atoms with van der Waals surface area (Å²) in [6.07, 6.45) is 0.984. The van der Waals surface area contributed by atoms with Crippen molar-refractivity contribution in [3.05, 3.63) is 86.1 Å². The molecule has 0 fully saturated rings. The number of aromatic nitrogens is 4. The number of fused-ring (bicyclic) bond motifs is 3. The van der Waals surface area contributed by atoms with Crippen LogP contribution in [-0.4, -0.2) is 25.2 Å². The van der Waals surface area contributed by atoms with Gasteiger partial charge in [-0.1, -0.05) is 50.2 Å². The predicted octanol–water partition coefficient (Wildman–Crippen LogP) is 3.60. The Balaban J connectivity index is 1.70. The van der Waals surface area contributed by atoms with E-state index >= 15 is 0 Å². The highest BCUT2D eigenvalue weighted by Gasteiger charge is 2.29. The Labute approximate surface area is 192 Å². The van der Waals surface area contributed by atoms with Crippen LogP contribution in [0.2, 0.25) is 0 Å². The van der Waals surface area contributed by atoms with Gasteiger partial charge >= 0.3 is 5.69 Å². The normalized spacial score (nSPS) is 15.8. The predicted molar refractivity (Wildman–Crippen MR) is 132 cm³/mol. The molecule has 1 aliphatic rings. The first-order valence-electron chi connectivity index (χ1n) is 11.5. The molecule has 4 aromatic rings. The summed E-state index contributed by atoms with van der Waals surface area (Å²) in [5.41, 5.74) is 4.62. The van der Waals surface area contributed by atoms with Crippen molar-refractivity contribution in [1.82, 2.24) is 18.7 Å². The second-order valence-electron chi connectivity index (χ2n) is 9.09. The van der Waals surface area contributed by atoms with E-state index in [1.165, 1.54) is 14.7 Å². The van der Waals surface area contributed by atoms with Crippen LogP contribution in [0, 0.1) is 12.8 Å². The van der Waals surface area contributed by atoms with Gasteiger partial charge in [0.2, 0.25) is 5.95 Å². The molecule has 33 heavy (non-hydrogen) atoms. The molecule has 2 aromatic carbocycles. The number of imidazole rings is 1. The number of anilines is 2. The monoisotopic (exact) mass is 443 g/mol. The summed E-state index contributed by atoms with van der Waals surface area (Å²) in [5, 5.41) is 0. The number of hydrogen-bond acceptors (Lipinski definition) is 4. The third-order valence-corrected chi connectivity index (χ3v) is 6.69. The van der Waals surface area contributed by atoms with E-state index in [9.17, 15) is 9.59 Å². The van der Waals surface area contributed by atoms with Gasteiger partial charge in [-0.2, -0.15) is 4.98 Å². The standard InChI is InChI=1S/C26H29N5O2/c1-5-19-10-12-21(13-11-19)29-14-17(2)15-30-22-23(27-25(29)30)28(4)26(33)31(24(22)32)16-20-9-7-6-8-18(20)3/h6-13,17H,5,14-16H2,1-4H3/t17-/m0/s1. The summed E-state index contributed by atoms with van der Waals surface area (Å²) < 4.78 is 4.83. The molecule has 0 bridgehead atoms. The minimum Gasteiger partial charge on any atom is -0.312 e. The summed E-state index contributed by atoms with van der Waals surface area (Å²) >= 11 is 0. The molecule has 1 atom stereocenters. The Morgan fingerprint density at radius 2 is 1.76 bits per heavy atom. The van der Waals surface area contributed by atoms with Crippen LogP contribution < -0.4 is 16.1 Å². The Kier molecular flexibility index (Phi) is 5.19. The third-order valence-electron chi connectivity index (χ3n) is 6.69. The summed E-state index contributed by atoms with van der Waals surface area (Å²) in [7, 11) is 1.70. The van der Waals surface area contributed by atoms with Crippen molar-refractivity contribution in [3.8, 4) is 0 Å². The van der Waals surface area contributed by atoms with Gasteiger partial charge in [0.1, 0.15) is 0 Å². The van der Waals surface area contributed by atoms with Crippen molar-refractivity contribution >= 4 is 22.8 Å². The lowest BCUT2D eigenvalue weighted by molar-refractivity contribution is 0.458. The fourth-order valence-electron chi connectivity index (χ4n) is 4.73. The van der Waals surface area contributed by atoms with Gasteiger partial charge in [0, 0.05) is 25.8 Å². The van der Waals surface area contributed by atoms with Crippen LogP contribution in [0.15, 0.2) is 58.1 Å². The second-order valence-corrected chi connectivity index (χ2v) is 9.09. The number of benzene rings is 2. The Morgan fingerprint density at radius 3 is 2.45 bits per heavy atom. The maximum Gasteiger partial charge on any atom is 0.332 e. The van der Waals surface area contributed by atoms with Crippen LogP contribution in [0.1, 0.15) is 30.5 Å². The smallest absolute Gasteiger partial charge is 0.312 e. The van der Waals surface area contributed by atoms with E-state index in [0.717, 1.165) is 29.8 Å². The van der Waals surface area contributed by atoms with E-state index < -0.39 is 0 Å². The topological polar surface area (TPSA) is 65.1 Å². The van der Waals surface area contributed by atoms with Crippen molar-refractivity contribution in [2.24, 2.45) is 13.0 Å². The molecule has 0 spiro atoms. The molecule has 2 aromatic heterocycles. The Morgan fingerprint density at radius 1 is 1.03 bits per heavy atom. The highest BCUT2D eigenvalue weighted by atomic mass is 16.2. The lowest BCUT2D eigenvalue weighted by atomic mass is 10.1. The van der Waals surface area contributed by atoms with E-state index in [0.29, 0.717) is 29.6 Å². The average molecular weight is 444 g/mol. The minimum atomic E-state index is -0.349. The van der Waals surface area contributed by atoms with E-state index in [1.807, 2.05) is 35.8 Å². The van der Waals surface area contributed by atoms with Crippen molar-refractivity contribution in [3.63, 3.8) is 0 Å². The van der Waals surface area contributed by atoms with Crippen LogP contribution in [0.4, 0.5) is 11.6 Å². The largest absolute Gasteiger partial charge is 0.332 e. The molecule has 1 aliphatic heterocycles. The summed E-state index contributed by atoms with van der Waals surface area (Å²) in [4.78, 5) is 33.8. The highest BCUT2D eigenvalue weighted by molar-refractivity contribution is 5.77. The number of rotatable bonds is 4. The van der Waals surface area contributed by atoms with Gasteiger partial charge in [0.15, 0.2) is 11.2 Å². The lowest BCUT2D eigenvalue weighted by Gasteiger charge is -2.33. The quantitative estimate of drug-likeness (QED) is 0.483. The van der Waals surface area contributed by atoms with Crippen molar-refractivity contribution in [1.29, 1.82) is 0 Å². The first kappa shape index (κ1) is 21.2. The number of nitrogens with zero attached hydrogens (tertiary/aromatic N) is 5. The highest BCUT2D eigenvalue weighted by Crippen LogP contribution is 2.33. The van der Waals surface area contributed by atoms with Gasteiger partial charge in [-0.25, -0.2) is 4.79 Å². The van der Waals surface area contributed by atoms with Crippen molar-refractivity contribution in [2.45, 2.75) is 40.3 Å². The molecule has 0 aliphatic carbocycles. The molecular formula is C26H29N5O2. The van der Waals surface area contributed by atoms with Crippen LogP contribution in [0.25, 0.3) is 11.2 Å². The van der Waals surface area contributed by atoms with E-state index in [1.54, 1.807) is 7.05 Å².